The van der Waals surface area contributed by atoms with Crippen LogP contribution in [-0.2, 0) is 0 Å². The number of fused-ring (bicyclic) bond motifs is 1. The van der Waals surface area contributed by atoms with Gasteiger partial charge in [-0.3, -0.25) is 0 Å². The van der Waals surface area contributed by atoms with Gasteiger partial charge >= 0.3 is 0 Å². The molecule has 0 fully saturated rings. The van der Waals surface area contributed by atoms with Crippen LogP contribution in [0.5, 0.6) is 0 Å². The maximum atomic E-state index is 5.14. The van der Waals surface area contributed by atoms with Gasteiger partial charge in [0.1, 0.15) is 0 Å². The number of aliphatic imine (C=N–C) groups is 1. The van der Waals surface area contributed by atoms with Crippen molar-refractivity contribution in [1.82, 2.24) is 4.90 Å². The topological polar surface area (TPSA) is 27.6 Å². The fraction of sp³-hybridized carbons (Fsp3) is 0.180. The first-order valence-electron chi connectivity index (χ1n) is 18.4. The molecule has 3 heteroatoms. The maximum absolute atomic E-state index is 5.14. The summed E-state index contributed by atoms with van der Waals surface area (Å²) in [5.41, 5.74) is 10.9. The molecule has 1 aliphatic rings. The average molecular weight is 700 g/mol. The zero-order chi connectivity index (χ0) is 38.4. The Labute approximate surface area is 320 Å². The van der Waals surface area contributed by atoms with Crippen molar-refractivity contribution in [3.8, 4) is 0 Å². The number of hydrogen-bond donors (Lipinski definition) is 1. The number of nitrogens with one attached hydrogen (secondary N) is 1. The van der Waals surface area contributed by atoms with E-state index in [9.17, 15) is 0 Å². The standard InChI is InChI=1S/C50H57N3/c1-10-14-16-23-31-39(5)42(8)43(9)46(36-15-11-2)44(30-12-3)33-25-21-19-17-18-20-24-32-41(7)53(40(6)13-4)50-51-48-38-29-28-37-47(48)49(52-50)45-34-26-22-27-35-45/h11,13-16,18,20-32,34-38,50-51H,2,4-8,10,12,17,19,33H2,1,3,9H3/b16-14-,20-18-,25-21-,31-23-,32-24-,36-15-,44-30-,46-43-/t50-/m0/s1. The molecule has 0 radical (unpaired) electrons. The number of para-hydroxylation sites is 1. The van der Waals surface area contributed by atoms with Gasteiger partial charge < -0.3 is 10.2 Å². The third kappa shape index (κ3) is 12.7. The third-order valence-electron chi connectivity index (χ3n) is 8.62. The molecular weight excluding hydrogens is 643 g/mol. The summed E-state index contributed by atoms with van der Waals surface area (Å²) in [6.45, 7) is 31.5. The molecule has 0 amide bonds. The molecule has 0 saturated carbocycles. The zero-order valence-electron chi connectivity index (χ0n) is 32.1. The van der Waals surface area contributed by atoms with Crippen molar-refractivity contribution in [3.63, 3.8) is 0 Å². The van der Waals surface area contributed by atoms with Gasteiger partial charge in [0.05, 0.1) is 5.71 Å². The molecule has 0 unspecified atom stereocenters. The van der Waals surface area contributed by atoms with Crippen LogP contribution in [0, 0.1) is 0 Å². The molecule has 2 aromatic carbocycles. The quantitative estimate of drug-likeness (QED) is 0.0798. The third-order valence-corrected chi connectivity index (χ3v) is 8.62. The van der Waals surface area contributed by atoms with E-state index in [-0.39, 0.29) is 0 Å². The number of hydrogen-bond acceptors (Lipinski definition) is 3. The molecule has 0 saturated heterocycles. The predicted octanol–water partition coefficient (Wildman–Crippen LogP) is 13.6. The lowest BCUT2D eigenvalue weighted by atomic mass is 9.90. The Morgan fingerprint density at radius 1 is 0.755 bits per heavy atom. The van der Waals surface area contributed by atoms with Gasteiger partial charge in [0.25, 0.3) is 0 Å². The van der Waals surface area contributed by atoms with E-state index in [4.69, 9.17) is 4.99 Å². The van der Waals surface area contributed by atoms with E-state index in [2.05, 4.69) is 132 Å². The van der Waals surface area contributed by atoms with Crippen molar-refractivity contribution in [2.24, 2.45) is 4.99 Å². The molecule has 53 heavy (non-hydrogen) atoms. The highest BCUT2D eigenvalue weighted by Crippen LogP contribution is 2.30. The Kier molecular flexibility index (Phi) is 17.8. The number of benzene rings is 2. The molecule has 1 heterocycles. The minimum Gasteiger partial charge on any atom is -0.346 e. The molecule has 1 aliphatic heterocycles. The van der Waals surface area contributed by atoms with E-state index in [0.29, 0.717) is 5.70 Å². The van der Waals surface area contributed by atoms with Crippen LogP contribution in [0.1, 0.15) is 64.0 Å². The summed E-state index contributed by atoms with van der Waals surface area (Å²) in [6.07, 6.45) is 35.1. The minimum absolute atomic E-state index is 0.434. The van der Waals surface area contributed by atoms with Crippen LogP contribution in [0.4, 0.5) is 5.69 Å². The van der Waals surface area contributed by atoms with Crippen LogP contribution in [0.3, 0.4) is 0 Å². The summed E-state index contributed by atoms with van der Waals surface area (Å²) in [5, 5.41) is 3.56. The van der Waals surface area contributed by atoms with Gasteiger partial charge in [-0.2, -0.15) is 0 Å². The molecule has 272 valence electrons. The van der Waals surface area contributed by atoms with Gasteiger partial charge in [-0.15, -0.1) is 0 Å². The number of nitrogens with zero attached hydrogens (tertiary/aromatic N) is 2. The number of unbranched alkanes of at least 4 members (excludes halogenated alkanes) is 1. The van der Waals surface area contributed by atoms with Gasteiger partial charge in [-0.25, -0.2) is 4.99 Å². The van der Waals surface area contributed by atoms with E-state index in [1.54, 1.807) is 6.08 Å². The summed E-state index contributed by atoms with van der Waals surface area (Å²) >= 11 is 0. The fourth-order valence-electron chi connectivity index (χ4n) is 5.74. The lowest BCUT2D eigenvalue weighted by Crippen LogP contribution is -2.40. The molecule has 0 spiro atoms. The van der Waals surface area contributed by atoms with E-state index in [1.807, 2.05) is 77.8 Å². The molecule has 3 rings (SSSR count). The summed E-state index contributed by atoms with van der Waals surface area (Å²) in [4.78, 5) is 7.11. The second kappa shape index (κ2) is 22.8. The van der Waals surface area contributed by atoms with Crippen molar-refractivity contribution in [2.45, 2.75) is 59.2 Å². The Hall–Kier alpha value is -5.93. The molecular formula is C50H57N3. The molecule has 1 atom stereocenters. The summed E-state index contributed by atoms with van der Waals surface area (Å²) < 4.78 is 0. The molecule has 0 bridgehead atoms. The number of anilines is 1. The van der Waals surface area contributed by atoms with Crippen LogP contribution in [0.25, 0.3) is 0 Å². The Morgan fingerprint density at radius 3 is 2.17 bits per heavy atom. The summed E-state index contributed by atoms with van der Waals surface area (Å²) in [6, 6.07) is 18.5. The lowest BCUT2D eigenvalue weighted by Gasteiger charge is -2.36. The fourth-order valence-corrected chi connectivity index (χ4v) is 5.74. The normalized spacial score (nSPS) is 15.2. The molecule has 1 N–H and O–H groups in total. The van der Waals surface area contributed by atoms with Gasteiger partial charge in [0, 0.05) is 28.2 Å². The first-order chi connectivity index (χ1) is 25.8. The van der Waals surface area contributed by atoms with Crippen molar-refractivity contribution in [2.75, 3.05) is 5.32 Å². The average Bonchev–Trinajstić information content (AvgIpc) is 3.18. The van der Waals surface area contributed by atoms with Crippen molar-refractivity contribution in [3.05, 3.63) is 236 Å². The van der Waals surface area contributed by atoms with Crippen LogP contribution in [0.15, 0.2) is 229 Å². The second-order valence-corrected chi connectivity index (χ2v) is 12.5. The van der Waals surface area contributed by atoms with Crippen molar-refractivity contribution >= 4 is 11.4 Å². The highest BCUT2D eigenvalue weighted by atomic mass is 15.4. The van der Waals surface area contributed by atoms with Crippen LogP contribution >= 0.6 is 0 Å². The molecule has 0 aromatic heterocycles. The van der Waals surface area contributed by atoms with Gasteiger partial charge in [0.15, 0.2) is 0 Å². The highest BCUT2D eigenvalue weighted by Gasteiger charge is 2.26. The minimum atomic E-state index is -0.434. The van der Waals surface area contributed by atoms with Crippen LogP contribution in [0.2, 0.25) is 0 Å². The monoisotopic (exact) mass is 699 g/mol. The Bertz CT molecular complexity index is 1900. The van der Waals surface area contributed by atoms with Crippen LogP contribution < -0.4 is 5.32 Å². The number of rotatable bonds is 21. The maximum Gasteiger partial charge on any atom is 0.201 e. The van der Waals surface area contributed by atoms with Gasteiger partial charge in [0.2, 0.25) is 6.29 Å². The van der Waals surface area contributed by atoms with E-state index in [1.165, 1.54) is 5.57 Å². The summed E-state index contributed by atoms with van der Waals surface area (Å²) in [7, 11) is 0. The van der Waals surface area contributed by atoms with Crippen molar-refractivity contribution < 1.29 is 0 Å². The summed E-state index contributed by atoms with van der Waals surface area (Å²) in [5.74, 6) is 0. The molecule has 3 nitrogen and oxygen atoms in total. The van der Waals surface area contributed by atoms with E-state index >= 15 is 0 Å². The second-order valence-electron chi connectivity index (χ2n) is 12.5. The van der Waals surface area contributed by atoms with Gasteiger partial charge in [-0.1, -0.05) is 181 Å². The smallest absolute Gasteiger partial charge is 0.201 e. The zero-order valence-corrected chi connectivity index (χ0v) is 32.1. The highest BCUT2D eigenvalue weighted by molar-refractivity contribution is 6.16. The van der Waals surface area contributed by atoms with Gasteiger partial charge in [-0.05, 0) is 85.1 Å². The molecule has 2 aromatic rings. The predicted molar refractivity (Wildman–Crippen MR) is 235 cm³/mol. The van der Waals surface area contributed by atoms with Crippen LogP contribution in [-0.4, -0.2) is 16.9 Å². The van der Waals surface area contributed by atoms with Crippen molar-refractivity contribution in [1.29, 1.82) is 0 Å². The first kappa shape index (κ1) is 41.5. The Balaban J connectivity index is 1.66. The van der Waals surface area contributed by atoms with E-state index in [0.717, 1.165) is 82.6 Å². The first-order valence-corrected chi connectivity index (χ1v) is 18.4. The molecule has 0 aliphatic carbocycles. The number of allylic oxidation sites excluding steroid dienone is 20. The SMILES string of the molecule is C=C\C=C/C(C(=C\CC)/C/C=C\CC/C=C\C=C/C(=C)N(C(=C)C=C)[C@@H]1N=C(c2ccccc2)c2ccccc2N1)=C(\C)C(=C)C(=C)/C=C\C=C/CC. The largest absolute Gasteiger partial charge is 0.346 e. The Morgan fingerprint density at radius 2 is 1.45 bits per heavy atom. The lowest BCUT2D eigenvalue weighted by molar-refractivity contribution is 0.372. The van der Waals surface area contributed by atoms with E-state index < -0.39 is 6.29 Å².